The van der Waals surface area contributed by atoms with Crippen LogP contribution in [-0.4, -0.2) is 36.4 Å². The Morgan fingerprint density at radius 2 is 1.95 bits per heavy atom. The van der Waals surface area contributed by atoms with Crippen LogP contribution >= 0.6 is 0 Å². The fourth-order valence-corrected chi connectivity index (χ4v) is 3.35. The maximum atomic E-state index is 12.5. The molecule has 1 saturated heterocycles. The van der Waals surface area contributed by atoms with Gasteiger partial charge in [0.25, 0.3) is 0 Å². The standard InChI is InChI=1S/C17H22N2O3/c18-17(21)13-5-8-19(9-6-13)16(20)11-15-14-4-2-1-3-12(14)7-10-22-15/h1-4,13,15H,5-11H2,(H2,18,21). The zero-order valence-corrected chi connectivity index (χ0v) is 12.7. The highest BCUT2D eigenvalue weighted by molar-refractivity contribution is 5.79. The molecule has 5 nitrogen and oxygen atoms in total. The van der Waals surface area contributed by atoms with Crippen LogP contribution in [0.15, 0.2) is 24.3 Å². The van der Waals surface area contributed by atoms with Crippen molar-refractivity contribution in [1.82, 2.24) is 4.90 Å². The van der Waals surface area contributed by atoms with Gasteiger partial charge in [0.05, 0.1) is 19.1 Å². The van der Waals surface area contributed by atoms with E-state index in [9.17, 15) is 9.59 Å². The first-order chi connectivity index (χ1) is 10.6. The number of carbonyl (C=O) groups excluding carboxylic acids is 2. The fraction of sp³-hybridized carbons (Fsp3) is 0.529. The van der Waals surface area contributed by atoms with E-state index in [0.29, 0.717) is 39.0 Å². The van der Waals surface area contributed by atoms with Gasteiger partial charge in [-0.15, -0.1) is 0 Å². The van der Waals surface area contributed by atoms with Gasteiger partial charge in [-0.3, -0.25) is 9.59 Å². The Balaban J connectivity index is 1.60. The Kier molecular flexibility index (Phi) is 4.43. The predicted octanol–water partition coefficient (Wildman–Crippen LogP) is 1.41. The molecule has 2 heterocycles. The van der Waals surface area contributed by atoms with Crippen LogP contribution in [0.5, 0.6) is 0 Å². The average molecular weight is 302 g/mol. The zero-order valence-electron chi connectivity index (χ0n) is 12.7. The van der Waals surface area contributed by atoms with Crippen molar-refractivity contribution >= 4 is 11.8 Å². The number of amides is 2. The minimum atomic E-state index is -0.253. The number of hydrogen-bond donors (Lipinski definition) is 1. The largest absolute Gasteiger partial charge is 0.373 e. The van der Waals surface area contributed by atoms with Crippen LogP contribution in [0.25, 0.3) is 0 Å². The van der Waals surface area contributed by atoms with Crippen molar-refractivity contribution in [3.8, 4) is 0 Å². The molecule has 2 aliphatic rings. The third kappa shape index (κ3) is 3.14. The van der Waals surface area contributed by atoms with Crippen LogP contribution in [0, 0.1) is 5.92 Å². The molecule has 1 aromatic rings. The Labute approximate surface area is 130 Å². The van der Waals surface area contributed by atoms with E-state index in [-0.39, 0.29) is 23.8 Å². The summed E-state index contributed by atoms with van der Waals surface area (Å²) in [5.74, 6) is -0.239. The van der Waals surface area contributed by atoms with E-state index >= 15 is 0 Å². The summed E-state index contributed by atoms with van der Waals surface area (Å²) in [7, 11) is 0. The molecule has 5 heteroatoms. The first-order valence-electron chi connectivity index (χ1n) is 7.91. The third-order valence-corrected chi connectivity index (χ3v) is 4.70. The third-order valence-electron chi connectivity index (χ3n) is 4.70. The van der Waals surface area contributed by atoms with Gasteiger partial charge in [-0.1, -0.05) is 24.3 Å². The maximum Gasteiger partial charge on any atom is 0.225 e. The van der Waals surface area contributed by atoms with Crippen LogP contribution in [0.1, 0.15) is 36.5 Å². The number of fused-ring (bicyclic) bond motifs is 1. The lowest BCUT2D eigenvalue weighted by Crippen LogP contribution is -2.42. The molecule has 3 rings (SSSR count). The van der Waals surface area contributed by atoms with E-state index in [4.69, 9.17) is 10.5 Å². The second-order valence-corrected chi connectivity index (χ2v) is 6.07. The smallest absolute Gasteiger partial charge is 0.225 e. The highest BCUT2D eigenvalue weighted by Gasteiger charge is 2.29. The molecule has 1 unspecified atom stereocenters. The lowest BCUT2D eigenvalue weighted by atomic mass is 9.94. The van der Waals surface area contributed by atoms with E-state index in [1.165, 1.54) is 5.56 Å². The number of likely N-dealkylation sites (tertiary alicyclic amines) is 1. The number of rotatable bonds is 3. The van der Waals surface area contributed by atoms with Crippen LogP contribution in [0.3, 0.4) is 0 Å². The molecule has 2 N–H and O–H groups in total. The summed E-state index contributed by atoms with van der Waals surface area (Å²) >= 11 is 0. The van der Waals surface area contributed by atoms with Crippen molar-refractivity contribution in [2.24, 2.45) is 11.7 Å². The quantitative estimate of drug-likeness (QED) is 0.917. The molecule has 0 bridgehead atoms. The first-order valence-corrected chi connectivity index (χ1v) is 7.91. The van der Waals surface area contributed by atoms with E-state index in [2.05, 4.69) is 6.07 Å². The van der Waals surface area contributed by atoms with E-state index < -0.39 is 0 Å². The molecule has 0 spiro atoms. The summed E-state index contributed by atoms with van der Waals surface area (Å²) in [6.45, 7) is 1.89. The van der Waals surface area contributed by atoms with Crippen LogP contribution in [0.2, 0.25) is 0 Å². The van der Waals surface area contributed by atoms with Crippen molar-refractivity contribution in [1.29, 1.82) is 0 Å². The van der Waals surface area contributed by atoms with Gasteiger partial charge in [0, 0.05) is 19.0 Å². The minimum Gasteiger partial charge on any atom is -0.373 e. The van der Waals surface area contributed by atoms with Gasteiger partial charge in [0.2, 0.25) is 11.8 Å². The van der Waals surface area contributed by atoms with Gasteiger partial charge < -0.3 is 15.4 Å². The number of nitrogens with two attached hydrogens (primary N) is 1. The lowest BCUT2D eigenvalue weighted by Gasteiger charge is -2.33. The monoisotopic (exact) mass is 302 g/mol. The summed E-state index contributed by atoms with van der Waals surface area (Å²) in [6.07, 6.45) is 2.47. The summed E-state index contributed by atoms with van der Waals surface area (Å²) < 4.78 is 5.80. The molecule has 2 aliphatic heterocycles. The van der Waals surface area contributed by atoms with Gasteiger partial charge in [0.15, 0.2) is 0 Å². The molecule has 1 aromatic carbocycles. The molecular weight excluding hydrogens is 280 g/mol. The molecule has 0 saturated carbocycles. The number of carbonyl (C=O) groups is 2. The van der Waals surface area contributed by atoms with E-state index in [1.807, 2.05) is 23.1 Å². The number of ether oxygens (including phenoxy) is 1. The normalized spacial score (nSPS) is 22.2. The number of hydrogen-bond acceptors (Lipinski definition) is 3. The zero-order chi connectivity index (χ0) is 15.5. The predicted molar refractivity (Wildman–Crippen MR) is 82.0 cm³/mol. The molecule has 118 valence electrons. The maximum absolute atomic E-state index is 12.5. The van der Waals surface area contributed by atoms with Gasteiger partial charge in [-0.2, -0.15) is 0 Å². The number of benzene rings is 1. The van der Waals surface area contributed by atoms with Gasteiger partial charge in [-0.05, 0) is 30.4 Å². The Bertz CT molecular complexity index is 565. The van der Waals surface area contributed by atoms with E-state index in [0.717, 1.165) is 12.0 Å². The van der Waals surface area contributed by atoms with Crippen molar-refractivity contribution in [3.63, 3.8) is 0 Å². The van der Waals surface area contributed by atoms with Crippen LogP contribution in [0.4, 0.5) is 0 Å². The summed E-state index contributed by atoms with van der Waals surface area (Å²) in [5.41, 5.74) is 7.74. The molecular formula is C17H22N2O3. The van der Waals surface area contributed by atoms with Gasteiger partial charge >= 0.3 is 0 Å². The van der Waals surface area contributed by atoms with E-state index in [1.54, 1.807) is 0 Å². The Morgan fingerprint density at radius 3 is 2.68 bits per heavy atom. The highest BCUT2D eigenvalue weighted by Crippen LogP contribution is 2.30. The molecule has 1 atom stereocenters. The SMILES string of the molecule is NC(=O)C1CCN(C(=O)CC2OCCc3ccccc32)CC1. The summed E-state index contributed by atoms with van der Waals surface area (Å²) in [4.78, 5) is 25.5. The molecule has 0 radical (unpaired) electrons. The van der Waals surface area contributed by atoms with Crippen molar-refractivity contribution in [3.05, 3.63) is 35.4 Å². The molecule has 0 aromatic heterocycles. The second kappa shape index (κ2) is 6.48. The topological polar surface area (TPSA) is 72.6 Å². The first kappa shape index (κ1) is 15.0. The van der Waals surface area contributed by atoms with Crippen LogP contribution in [-0.2, 0) is 20.7 Å². The highest BCUT2D eigenvalue weighted by atomic mass is 16.5. The minimum absolute atomic E-state index is 0.0873. The number of nitrogens with zero attached hydrogens (tertiary/aromatic N) is 1. The molecule has 1 fully saturated rings. The van der Waals surface area contributed by atoms with Gasteiger partial charge in [-0.25, -0.2) is 0 Å². The fourth-order valence-electron chi connectivity index (χ4n) is 3.35. The molecule has 22 heavy (non-hydrogen) atoms. The van der Waals surface area contributed by atoms with Crippen molar-refractivity contribution in [2.75, 3.05) is 19.7 Å². The summed E-state index contributed by atoms with van der Waals surface area (Å²) in [6, 6.07) is 8.17. The Hall–Kier alpha value is -1.88. The lowest BCUT2D eigenvalue weighted by molar-refractivity contribution is -0.137. The Morgan fingerprint density at radius 1 is 1.23 bits per heavy atom. The average Bonchev–Trinajstić information content (AvgIpc) is 2.55. The molecule has 0 aliphatic carbocycles. The second-order valence-electron chi connectivity index (χ2n) is 6.07. The molecule has 2 amide bonds. The van der Waals surface area contributed by atoms with Crippen molar-refractivity contribution < 1.29 is 14.3 Å². The van der Waals surface area contributed by atoms with Gasteiger partial charge in [0.1, 0.15) is 0 Å². The van der Waals surface area contributed by atoms with Crippen LogP contribution < -0.4 is 5.73 Å². The summed E-state index contributed by atoms with van der Waals surface area (Å²) in [5, 5.41) is 0. The van der Waals surface area contributed by atoms with Crippen molar-refractivity contribution in [2.45, 2.75) is 31.8 Å². The number of primary amides is 1. The number of piperidine rings is 1.